The molecule has 0 aliphatic carbocycles. The van der Waals surface area contributed by atoms with Gasteiger partial charge in [0, 0.05) is 19.6 Å². The first-order valence-corrected chi connectivity index (χ1v) is 7.78. The summed E-state index contributed by atoms with van der Waals surface area (Å²) in [4.78, 5) is 6.84. The van der Waals surface area contributed by atoms with Gasteiger partial charge in [0.1, 0.15) is 0 Å². The smallest absolute Gasteiger partial charge is 0.266 e. The molecule has 1 fully saturated rings. The second-order valence-electron chi connectivity index (χ2n) is 7.03. The Morgan fingerprint density at radius 3 is 2.40 bits per heavy atom. The molecule has 2 N–H and O–H groups in total. The number of anilines is 1. The summed E-state index contributed by atoms with van der Waals surface area (Å²) >= 11 is 0. The molecule has 20 heavy (non-hydrogen) atoms. The predicted octanol–water partition coefficient (Wildman–Crippen LogP) is 2.93. The summed E-state index contributed by atoms with van der Waals surface area (Å²) in [6.07, 6.45) is 6.00. The molecule has 1 aliphatic heterocycles. The molecule has 1 aliphatic rings. The summed E-state index contributed by atoms with van der Waals surface area (Å²) in [5, 5.41) is 4.16. The highest BCUT2D eigenvalue weighted by Crippen LogP contribution is 2.30. The molecule has 114 valence electrons. The fourth-order valence-electron chi connectivity index (χ4n) is 2.80. The van der Waals surface area contributed by atoms with E-state index in [1.807, 2.05) is 0 Å². The first-order valence-electron chi connectivity index (χ1n) is 7.78. The number of hydrogen-bond donors (Lipinski definition) is 1. The van der Waals surface area contributed by atoms with Gasteiger partial charge in [-0.2, -0.15) is 4.98 Å². The second kappa shape index (κ2) is 6.57. The fourth-order valence-corrected chi connectivity index (χ4v) is 2.80. The quantitative estimate of drug-likeness (QED) is 0.918. The minimum Gasteiger partial charge on any atom is -0.338 e. The van der Waals surface area contributed by atoms with Crippen molar-refractivity contribution >= 4 is 5.95 Å². The van der Waals surface area contributed by atoms with Gasteiger partial charge in [-0.1, -0.05) is 33.6 Å². The summed E-state index contributed by atoms with van der Waals surface area (Å²) in [6.45, 7) is 9.25. The molecule has 2 rings (SSSR count). The van der Waals surface area contributed by atoms with Gasteiger partial charge in [0.15, 0.2) is 0 Å². The first kappa shape index (κ1) is 15.3. The molecule has 1 unspecified atom stereocenters. The van der Waals surface area contributed by atoms with Crippen LogP contribution in [0.1, 0.15) is 64.7 Å². The molecule has 1 atom stereocenters. The third-order valence-electron chi connectivity index (χ3n) is 3.81. The Morgan fingerprint density at radius 1 is 1.20 bits per heavy atom. The van der Waals surface area contributed by atoms with Crippen molar-refractivity contribution in [1.82, 2.24) is 10.1 Å². The van der Waals surface area contributed by atoms with Gasteiger partial charge in [0.25, 0.3) is 5.95 Å². The molecule has 0 spiro atoms. The Labute approximate surface area is 121 Å². The number of nitrogens with zero attached hydrogens (tertiary/aromatic N) is 3. The van der Waals surface area contributed by atoms with Crippen molar-refractivity contribution in [2.45, 2.75) is 58.8 Å². The maximum atomic E-state index is 5.88. The third kappa shape index (κ3) is 4.20. The van der Waals surface area contributed by atoms with Crippen molar-refractivity contribution in [1.29, 1.82) is 0 Å². The molecule has 5 nitrogen and oxygen atoms in total. The molecule has 1 aromatic heterocycles. The van der Waals surface area contributed by atoms with Gasteiger partial charge in [-0.3, -0.25) is 0 Å². The summed E-state index contributed by atoms with van der Waals surface area (Å²) in [6, 6.07) is 0. The van der Waals surface area contributed by atoms with Gasteiger partial charge in [-0.25, -0.2) is 0 Å². The van der Waals surface area contributed by atoms with Crippen LogP contribution in [0.4, 0.5) is 5.95 Å². The van der Waals surface area contributed by atoms with Crippen molar-refractivity contribution in [3.63, 3.8) is 0 Å². The highest BCUT2D eigenvalue weighted by atomic mass is 16.5. The molecule has 1 aromatic rings. The zero-order chi connectivity index (χ0) is 14.6. The summed E-state index contributed by atoms with van der Waals surface area (Å²) < 4.78 is 5.47. The van der Waals surface area contributed by atoms with Crippen LogP contribution in [-0.2, 0) is 0 Å². The first-order chi connectivity index (χ1) is 9.49. The largest absolute Gasteiger partial charge is 0.338 e. The van der Waals surface area contributed by atoms with Gasteiger partial charge in [0.05, 0.1) is 5.92 Å². The SMILES string of the molecule is CC(C)(C)CC(CN)c1nc(N2CCCCCC2)no1. The molecule has 5 heteroatoms. The number of rotatable bonds is 4. The van der Waals surface area contributed by atoms with E-state index in [2.05, 4.69) is 35.8 Å². The molecule has 0 saturated carbocycles. The van der Waals surface area contributed by atoms with E-state index < -0.39 is 0 Å². The Kier molecular flexibility index (Phi) is 5.02. The standard InChI is InChI=1S/C15H28N4O/c1-15(2,3)10-12(11-16)13-17-14(18-20-13)19-8-6-4-5-7-9-19/h12H,4-11,16H2,1-3H3. The normalized spacial score (nSPS) is 18.9. The van der Waals surface area contributed by atoms with Crippen LogP contribution in [-0.4, -0.2) is 29.8 Å². The van der Waals surface area contributed by atoms with E-state index in [4.69, 9.17) is 10.3 Å². The molecule has 0 radical (unpaired) electrons. The number of nitrogens with two attached hydrogens (primary N) is 1. The van der Waals surface area contributed by atoms with Crippen molar-refractivity contribution < 1.29 is 4.52 Å². The lowest BCUT2D eigenvalue weighted by atomic mass is 9.84. The van der Waals surface area contributed by atoms with Crippen LogP contribution < -0.4 is 10.6 Å². The minimum atomic E-state index is 0.156. The Balaban J connectivity index is 2.06. The van der Waals surface area contributed by atoms with Crippen LogP contribution in [0, 0.1) is 5.41 Å². The van der Waals surface area contributed by atoms with Crippen LogP contribution in [0.25, 0.3) is 0 Å². The number of hydrogen-bond acceptors (Lipinski definition) is 5. The van der Waals surface area contributed by atoms with Crippen molar-refractivity contribution in [3.8, 4) is 0 Å². The summed E-state index contributed by atoms with van der Waals surface area (Å²) in [7, 11) is 0. The fraction of sp³-hybridized carbons (Fsp3) is 0.867. The molecular formula is C15H28N4O. The summed E-state index contributed by atoms with van der Waals surface area (Å²) in [5.41, 5.74) is 6.09. The second-order valence-corrected chi connectivity index (χ2v) is 7.03. The van der Waals surface area contributed by atoms with Crippen LogP contribution in [0.2, 0.25) is 0 Å². The Hall–Kier alpha value is -1.10. The van der Waals surface area contributed by atoms with E-state index in [9.17, 15) is 0 Å². The molecule has 2 heterocycles. The molecule has 0 bridgehead atoms. The monoisotopic (exact) mass is 280 g/mol. The van der Waals surface area contributed by atoms with E-state index >= 15 is 0 Å². The lowest BCUT2D eigenvalue weighted by molar-refractivity contribution is 0.287. The predicted molar refractivity (Wildman–Crippen MR) is 80.8 cm³/mol. The van der Waals surface area contributed by atoms with Crippen molar-refractivity contribution in [2.24, 2.45) is 11.1 Å². The molecule has 0 aromatic carbocycles. The highest BCUT2D eigenvalue weighted by molar-refractivity contribution is 5.28. The Morgan fingerprint density at radius 2 is 1.85 bits per heavy atom. The molecule has 1 saturated heterocycles. The lowest BCUT2D eigenvalue weighted by Crippen LogP contribution is -2.25. The van der Waals surface area contributed by atoms with E-state index in [1.165, 1.54) is 25.7 Å². The van der Waals surface area contributed by atoms with Crippen molar-refractivity contribution in [3.05, 3.63) is 5.89 Å². The van der Waals surface area contributed by atoms with Crippen molar-refractivity contribution in [2.75, 3.05) is 24.5 Å². The summed E-state index contributed by atoms with van der Waals surface area (Å²) in [5.74, 6) is 1.60. The van der Waals surface area contributed by atoms with E-state index in [1.54, 1.807) is 0 Å². The third-order valence-corrected chi connectivity index (χ3v) is 3.81. The van der Waals surface area contributed by atoms with Crippen LogP contribution in [0.15, 0.2) is 4.52 Å². The van der Waals surface area contributed by atoms with Crippen LogP contribution in [0.3, 0.4) is 0 Å². The lowest BCUT2D eigenvalue weighted by Gasteiger charge is -2.22. The van der Waals surface area contributed by atoms with Crippen LogP contribution in [0.5, 0.6) is 0 Å². The van der Waals surface area contributed by atoms with Crippen LogP contribution >= 0.6 is 0 Å². The zero-order valence-corrected chi connectivity index (χ0v) is 13.1. The van der Waals surface area contributed by atoms with Gasteiger partial charge in [0.2, 0.25) is 5.89 Å². The average molecular weight is 280 g/mol. The van der Waals surface area contributed by atoms with Gasteiger partial charge < -0.3 is 15.2 Å². The van der Waals surface area contributed by atoms with E-state index in [0.29, 0.717) is 12.4 Å². The zero-order valence-electron chi connectivity index (χ0n) is 13.1. The highest BCUT2D eigenvalue weighted by Gasteiger charge is 2.25. The minimum absolute atomic E-state index is 0.156. The molecule has 0 amide bonds. The van der Waals surface area contributed by atoms with E-state index in [0.717, 1.165) is 25.5 Å². The van der Waals surface area contributed by atoms with E-state index in [-0.39, 0.29) is 11.3 Å². The molecular weight excluding hydrogens is 252 g/mol. The van der Waals surface area contributed by atoms with Gasteiger partial charge in [-0.15, -0.1) is 0 Å². The topological polar surface area (TPSA) is 68.2 Å². The number of aromatic nitrogens is 2. The van der Waals surface area contributed by atoms with Gasteiger partial charge >= 0.3 is 0 Å². The Bertz CT molecular complexity index is 402. The average Bonchev–Trinajstić information content (AvgIpc) is 2.70. The van der Waals surface area contributed by atoms with Gasteiger partial charge in [-0.05, 0) is 29.8 Å². The maximum absolute atomic E-state index is 5.88. The maximum Gasteiger partial charge on any atom is 0.266 e.